The molecule has 0 aromatic heterocycles. The van der Waals surface area contributed by atoms with Gasteiger partial charge in [-0.2, -0.15) is 0 Å². The summed E-state index contributed by atoms with van der Waals surface area (Å²) >= 11 is 5.97. The third-order valence-corrected chi connectivity index (χ3v) is 2.59. The summed E-state index contributed by atoms with van der Waals surface area (Å²) in [5.74, 6) is 0.269. The van der Waals surface area contributed by atoms with Crippen molar-refractivity contribution < 1.29 is 14.3 Å². The van der Waals surface area contributed by atoms with Crippen LogP contribution in [0.2, 0.25) is 5.02 Å². The van der Waals surface area contributed by atoms with Crippen LogP contribution in [0.1, 0.15) is 24.9 Å². The number of carbonyl (C=O) groups is 1. The first-order valence-electron chi connectivity index (χ1n) is 5.33. The van der Waals surface area contributed by atoms with E-state index in [1.54, 1.807) is 32.2 Å². The van der Waals surface area contributed by atoms with Crippen LogP contribution in [0.25, 0.3) is 0 Å². The minimum Gasteiger partial charge on any atom is -0.495 e. The van der Waals surface area contributed by atoms with Crippen LogP contribution in [-0.4, -0.2) is 19.7 Å². The fourth-order valence-electron chi connectivity index (χ4n) is 1.43. The predicted molar refractivity (Wildman–Crippen MR) is 66.2 cm³/mol. The molecule has 1 rings (SSSR count). The number of nitrogens with two attached hydrogens (primary N) is 1. The summed E-state index contributed by atoms with van der Waals surface area (Å²) < 4.78 is 9.87. The van der Waals surface area contributed by atoms with E-state index in [1.807, 2.05) is 0 Å². The number of carbonyl (C=O) groups excluding carboxylic acids is 1. The molecule has 0 aliphatic carbocycles. The van der Waals surface area contributed by atoms with Gasteiger partial charge in [-0.05, 0) is 24.6 Å². The average molecular weight is 258 g/mol. The highest BCUT2D eigenvalue weighted by atomic mass is 35.5. The molecule has 1 atom stereocenters. The van der Waals surface area contributed by atoms with Gasteiger partial charge in [-0.1, -0.05) is 17.7 Å². The number of hydrogen-bond acceptors (Lipinski definition) is 4. The zero-order valence-electron chi connectivity index (χ0n) is 9.90. The monoisotopic (exact) mass is 257 g/mol. The van der Waals surface area contributed by atoms with Gasteiger partial charge in [-0.3, -0.25) is 4.79 Å². The molecule has 4 nitrogen and oxygen atoms in total. The van der Waals surface area contributed by atoms with Crippen molar-refractivity contribution in [3.63, 3.8) is 0 Å². The zero-order chi connectivity index (χ0) is 12.8. The molecule has 0 saturated carbocycles. The Morgan fingerprint density at radius 1 is 1.53 bits per heavy atom. The van der Waals surface area contributed by atoms with Gasteiger partial charge in [0.2, 0.25) is 0 Å². The van der Waals surface area contributed by atoms with E-state index in [2.05, 4.69) is 0 Å². The fraction of sp³-hybridized carbons (Fsp3) is 0.417. The van der Waals surface area contributed by atoms with E-state index in [9.17, 15) is 4.79 Å². The Hall–Kier alpha value is -1.26. The third kappa shape index (κ3) is 3.91. The number of methoxy groups -OCH3 is 1. The summed E-state index contributed by atoms with van der Waals surface area (Å²) in [6.45, 7) is 2.11. The molecule has 94 valence electrons. The Labute approximate surface area is 106 Å². The van der Waals surface area contributed by atoms with Gasteiger partial charge in [0, 0.05) is 6.04 Å². The second kappa shape index (κ2) is 6.47. The van der Waals surface area contributed by atoms with E-state index in [1.165, 1.54) is 0 Å². The molecule has 0 bridgehead atoms. The van der Waals surface area contributed by atoms with E-state index < -0.39 is 6.04 Å². The van der Waals surface area contributed by atoms with E-state index in [-0.39, 0.29) is 12.4 Å². The standard InChI is InChI=1S/C12H16ClNO3/c1-3-17-12(15)7-10(14)8-4-5-11(16-2)9(13)6-8/h4-6,10H,3,7,14H2,1-2H3/t10-/m0/s1. The molecule has 0 fully saturated rings. The molecular weight excluding hydrogens is 242 g/mol. The van der Waals surface area contributed by atoms with Crippen LogP contribution < -0.4 is 10.5 Å². The van der Waals surface area contributed by atoms with Crippen molar-refractivity contribution in [1.82, 2.24) is 0 Å². The van der Waals surface area contributed by atoms with Crippen LogP contribution in [0.5, 0.6) is 5.75 Å². The normalized spacial score (nSPS) is 12.0. The maximum atomic E-state index is 11.3. The van der Waals surface area contributed by atoms with Crippen LogP contribution in [0.4, 0.5) is 0 Å². The first-order valence-corrected chi connectivity index (χ1v) is 5.71. The van der Waals surface area contributed by atoms with Crippen molar-refractivity contribution in [1.29, 1.82) is 0 Å². The maximum Gasteiger partial charge on any atom is 0.307 e. The fourth-order valence-corrected chi connectivity index (χ4v) is 1.70. The maximum absolute atomic E-state index is 11.3. The number of ether oxygens (including phenoxy) is 2. The molecule has 17 heavy (non-hydrogen) atoms. The Kier molecular flexibility index (Phi) is 5.25. The molecule has 1 aromatic rings. The lowest BCUT2D eigenvalue weighted by atomic mass is 10.0. The van der Waals surface area contributed by atoms with Crippen LogP contribution in [0.3, 0.4) is 0 Å². The highest BCUT2D eigenvalue weighted by Gasteiger charge is 2.13. The summed E-state index contributed by atoms with van der Waals surface area (Å²) in [5.41, 5.74) is 6.67. The molecule has 0 aliphatic rings. The Morgan fingerprint density at radius 2 is 2.24 bits per heavy atom. The molecule has 2 N–H and O–H groups in total. The van der Waals surface area contributed by atoms with Crippen LogP contribution in [-0.2, 0) is 9.53 Å². The molecule has 0 heterocycles. The molecule has 0 unspecified atom stereocenters. The van der Waals surface area contributed by atoms with Crippen molar-refractivity contribution >= 4 is 17.6 Å². The zero-order valence-corrected chi connectivity index (χ0v) is 10.7. The van der Waals surface area contributed by atoms with Gasteiger partial charge in [-0.25, -0.2) is 0 Å². The number of hydrogen-bond donors (Lipinski definition) is 1. The van der Waals surface area contributed by atoms with Crippen molar-refractivity contribution in [3.05, 3.63) is 28.8 Å². The van der Waals surface area contributed by atoms with Gasteiger partial charge in [0.25, 0.3) is 0 Å². The van der Waals surface area contributed by atoms with Crippen molar-refractivity contribution in [3.8, 4) is 5.75 Å². The van der Waals surface area contributed by atoms with Gasteiger partial charge in [0.15, 0.2) is 0 Å². The predicted octanol–water partition coefficient (Wildman–Crippen LogP) is 2.30. The smallest absolute Gasteiger partial charge is 0.307 e. The van der Waals surface area contributed by atoms with Gasteiger partial charge < -0.3 is 15.2 Å². The first-order chi connectivity index (χ1) is 8.08. The quantitative estimate of drug-likeness (QED) is 0.823. The van der Waals surface area contributed by atoms with Crippen LogP contribution in [0, 0.1) is 0 Å². The summed E-state index contributed by atoms with van der Waals surface area (Å²) in [7, 11) is 1.54. The van der Waals surface area contributed by atoms with E-state index in [0.29, 0.717) is 17.4 Å². The van der Waals surface area contributed by atoms with Crippen LogP contribution in [0.15, 0.2) is 18.2 Å². The Bertz CT molecular complexity index is 395. The molecule has 0 amide bonds. The third-order valence-electron chi connectivity index (χ3n) is 2.30. The van der Waals surface area contributed by atoms with Crippen molar-refractivity contribution in [2.75, 3.05) is 13.7 Å². The van der Waals surface area contributed by atoms with Crippen molar-refractivity contribution in [2.24, 2.45) is 5.73 Å². The van der Waals surface area contributed by atoms with Gasteiger partial charge in [0.1, 0.15) is 5.75 Å². The summed E-state index contributed by atoms with van der Waals surface area (Å²) in [6, 6.07) is 4.79. The molecule has 5 heteroatoms. The minimum atomic E-state index is -0.419. The van der Waals surface area contributed by atoms with E-state index in [0.717, 1.165) is 5.56 Å². The summed E-state index contributed by atoms with van der Waals surface area (Å²) in [6.07, 6.45) is 0.135. The van der Waals surface area contributed by atoms with E-state index in [4.69, 9.17) is 26.8 Å². The largest absolute Gasteiger partial charge is 0.495 e. The molecule has 0 radical (unpaired) electrons. The Morgan fingerprint density at radius 3 is 2.76 bits per heavy atom. The van der Waals surface area contributed by atoms with Crippen molar-refractivity contribution in [2.45, 2.75) is 19.4 Å². The lowest BCUT2D eigenvalue weighted by Crippen LogP contribution is -2.17. The highest BCUT2D eigenvalue weighted by Crippen LogP contribution is 2.27. The second-order valence-corrected chi connectivity index (χ2v) is 3.92. The average Bonchev–Trinajstić information content (AvgIpc) is 2.29. The highest BCUT2D eigenvalue weighted by molar-refractivity contribution is 6.32. The van der Waals surface area contributed by atoms with Gasteiger partial charge in [0.05, 0.1) is 25.2 Å². The lowest BCUT2D eigenvalue weighted by Gasteiger charge is -2.12. The number of benzene rings is 1. The SMILES string of the molecule is CCOC(=O)C[C@H](N)c1ccc(OC)c(Cl)c1. The second-order valence-electron chi connectivity index (χ2n) is 3.51. The molecular formula is C12H16ClNO3. The molecule has 0 spiro atoms. The summed E-state index contributed by atoms with van der Waals surface area (Å²) in [5, 5.41) is 0.476. The van der Waals surface area contributed by atoms with Gasteiger partial charge >= 0.3 is 5.97 Å². The topological polar surface area (TPSA) is 61.5 Å². The number of rotatable bonds is 5. The van der Waals surface area contributed by atoms with Crippen LogP contribution >= 0.6 is 11.6 Å². The lowest BCUT2D eigenvalue weighted by molar-refractivity contribution is -0.143. The number of esters is 1. The first kappa shape index (κ1) is 13.8. The molecule has 1 aromatic carbocycles. The summed E-state index contributed by atoms with van der Waals surface area (Å²) in [4.78, 5) is 11.3. The molecule has 0 aliphatic heterocycles. The van der Waals surface area contributed by atoms with E-state index >= 15 is 0 Å². The minimum absolute atomic E-state index is 0.135. The van der Waals surface area contributed by atoms with Gasteiger partial charge in [-0.15, -0.1) is 0 Å². The number of halogens is 1. The molecule has 0 saturated heterocycles. The Balaban J connectivity index is 2.72.